The van der Waals surface area contributed by atoms with E-state index >= 15 is 0 Å². The Morgan fingerprint density at radius 1 is 1.10 bits per heavy atom. The van der Waals surface area contributed by atoms with Crippen LogP contribution in [0.4, 0.5) is 30.7 Å². The van der Waals surface area contributed by atoms with E-state index in [1.807, 2.05) is 0 Å². The third-order valence-electron chi connectivity index (χ3n) is 2.12. The van der Waals surface area contributed by atoms with Crippen LogP contribution in [-0.2, 0) is 4.74 Å². The van der Waals surface area contributed by atoms with Crippen molar-refractivity contribution in [3.05, 3.63) is 35.6 Å². The summed E-state index contributed by atoms with van der Waals surface area (Å²) in [5, 5.41) is 0. The molecular formula is C11H7F7O2. The number of hydrogen-bond donors (Lipinski definition) is 0. The Kier molecular flexibility index (Phi) is 4.74. The molecule has 2 nitrogen and oxygen atoms in total. The molecule has 0 N–H and O–H groups in total. The van der Waals surface area contributed by atoms with E-state index in [0.717, 1.165) is 18.2 Å². The fourth-order valence-electron chi connectivity index (χ4n) is 1.28. The molecule has 0 bridgehead atoms. The highest BCUT2D eigenvalue weighted by atomic mass is 19.4. The Balaban J connectivity index is 2.76. The monoisotopic (exact) mass is 304 g/mol. The molecule has 0 unspecified atom stereocenters. The first-order valence-corrected chi connectivity index (χ1v) is 5.05. The standard InChI is InChI=1S/C11H7F7O2/c12-7-3-1-2-6(4-7)8(19)5-20-9(10(13,14)15)11(16,17)18/h1-4,9H,5H2. The number of hydrogen-bond acceptors (Lipinski definition) is 2. The maximum atomic E-state index is 12.8. The SMILES string of the molecule is O=C(COC(C(F)(F)F)C(F)(F)F)c1cccc(F)c1. The van der Waals surface area contributed by atoms with E-state index in [4.69, 9.17) is 0 Å². The summed E-state index contributed by atoms with van der Waals surface area (Å²) in [4.78, 5) is 11.3. The van der Waals surface area contributed by atoms with Gasteiger partial charge in [-0.15, -0.1) is 0 Å². The lowest BCUT2D eigenvalue weighted by Crippen LogP contribution is -2.45. The largest absolute Gasteiger partial charge is 0.423 e. The lowest BCUT2D eigenvalue weighted by Gasteiger charge is -2.22. The van der Waals surface area contributed by atoms with Crippen molar-refractivity contribution in [3.63, 3.8) is 0 Å². The zero-order valence-electron chi connectivity index (χ0n) is 9.56. The second kappa shape index (κ2) is 5.78. The highest BCUT2D eigenvalue weighted by Gasteiger charge is 2.58. The lowest BCUT2D eigenvalue weighted by molar-refractivity contribution is -0.319. The first-order valence-electron chi connectivity index (χ1n) is 5.05. The Hall–Kier alpha value is -1.64. The Bertz CT molecular complexity index is 464. The van der Waals surface area contributed by atoms with Gasteiger partial charge >= 0.3 is 12.4 Å². The maximum Gasteiger partial charge on any atom is 0.423 e. The van der Waals surface area contributed by atoms with Gasteiger partial charge in [-0.25, -0.2) is 4.39 Å². The molecule has 0 atom stereocenters. The first kappa shape index (κ1) is 16.4. The minimum atomic E-state index is -5.69. The number of rotatable bonds is 4. The second-order valence-electron chi connectivity index (χ2n) is 3.71. The molecule has 0 saturated carbocycles. The Morgan fingerprint density at radius 2 is 1.65 bits per heavy atom. The zero-order valence-corrected chi connectivity index (χ0v) is 9.56. The van der Waals surface area contributed by atoms with E-state index in [9.17, 15) is 35.5 Å². The van der Waals surface area contributed by atoms with Gasteiger partial charge in [0.25, 0.3) is 0 Å². The van der Waals surface area contributed by atoms with Gasteiger partial charge in [0.05, 0.1) is 0 Å². The quantitative estimate of drug-likeness (QED) is 0.628. The van der Waals surface area contributed by atoms with E-state index < -0.39 is 36.7 Å². The van der Waals surface area contributed by atoms with Crippen LogP contribution < -0.4 is 0 Å². The summed E-state index contributed by atoms with van der Waals surface area (Å²) < 4.78 is 89.1. The highest BCUT2D eigenvalue weighted by molar-refractivity contribution is 5.97. The molecule has 112 valence electrons. The van der Waals surface area contributed by atoms with Crippen LogP contribution in [0.15, 0.2) is 24.3 Å². The molecule has 0 heterocycles. The van der Waals surface area contributed by atoms with Crippen LogP contribution in [0.1, 0.15) is 10.4 Å². The number of ketones is 1. The van der Waals surface area contributed by atoms with Crippen LogP contribution in [0.3, 0.4) is 0 Å². The molecule has 0 amide bonds. The van der Waals surface area contributed by atoms with Crippen LogP contribution in [0.2, 0.25) is 0 Å². The summed E-state index contributed by atoms with van der Waals surface area (Å²) in [6.45, 7) is -1.47. The van der Waals surface area contributed by atoms with Crippen molar-refractivity contribution in [1.82, 2.24) is 0 Å². The van der Waals surface area contributed by atoms with E-state index in [-0.39, 0.29) is 5.56 Å². The van der Waals surface area contributed by atoms with Crippen molar-refractivity contribution in [3.8, 4) is 0 Å². The van der Waals surface area contributed by atoms with Gasteiger partial charge in [-0.05, 0) is 12.1 Å². The van der Waals surface area contributed by atoms with E-state index in [1.165, 1.54) is 0 Å². The Labute approximate surface area is 108 Å². The van der Waals surface area contributed by atoms with Gasteiger partial charge in [0.2, 0.25) is 6.10 Å². The van der Waals surface area contributed by atoms with Crippen LogP contribution in [-0.4, -0.2) is 30.8 Å². The molecule has 0 aliphatic rings. The van der Waals surface area contributed by atoms with Crippen molar-refractivity contribution in [2.75, 3.05) is 6.61 Å². The average molecular weight is 304 g/mol. The molecule has 0 spiro atoms. The molecule has 1 aromatic rings. The predicted molar refractivity (Wildman–Crippen MR) is 52.6 cm³/mol. The first-order chi connectivity index (χ1) is 9.01. The number of ether oxygens (including phenoxy) is 1. The summed E-state index contributed by atoms with van der Waals surface area (Å²) in [6, 6.07) is 3.78. The molecule has 0 saturated heterocycles. The number of Topliss-reactive ketones (excluding diaryl/α,β-unsaturated/α-hetero) is 1. The topological polar surface area (TPSA) is 26.3 Å². The molecule has 9 heteroatoms. The molecule has 0 aliphatic carbocycles. The lowest BCUT2D eigenvalue weighted by atomic mass is 10.1. The van der Waals surface area contributed by atoms with Crippen molar-refractivity contribution in [1.29, 1.82) is 0 Å². The van der Waals surface area contributed by atoms with Gasteiger partial charge in [0.1, 0.15) is 12.4 Å². The fraction of sp³-hybridized carbons (Fsp3) is 0.364. The van der Waals surface area contributed by atoms with Crippen molar-refractivity contribution in [2.24, 2.45) is 0 Å². The fourth-order valence-corrected chi connectivity index (χ4v) is 1.28. The normalized spacial score (nSPS) is 12.8. The van der Waals surface area contributed by atoms with E-state index in [1.54, 1.807) is 0 Å². The maximum absolute atomic E-state index is 12.8. The van der Waals surface area contributed by atoms with Crippen LogP contribution in [0.5, 0.6) is 0 Å². The molecular weight excluding hydrogens is 297 g/mol. The smallest absolute Gasteiger partial charge is 0.353 e. The number of carbonyl (C=O) groups is 1. The second-order valence-corrected chi connectivity index (χ2v) is 3.71. The number of carbonyl (C=O) groups excluding carboxylic acids is 1. The molecule has 0 aromatic heterocycles. The summed E-state index contributed by atoms with van der Waals surface area (Å²) in [6.07, 6.45) is -15.5. The molecule has 0 fully saturated rings. The summed E-state index contributed by atoms with van der Waals surface area (Å²) in [7, 11) is 0. The van der Waals surface area contributed by atoms with Gasteiger partial charge in [-0.1, -0.05) is 12.1 Å². The summed E-state index contributed by atoms with van der Waals surface area (Å²) >= 11 is 0. The van der Waals surface area contributed by atoms with Crippen molar-refractivity contribution < 1.29 is 40.3 Å². The number of alkyl halides is 6. The van der Waals surface area contributed by atoms with Gasteiger partial charge in [0.15, 0.2) is 5.78 Å². The zero-order chi connectivity index (χ0) is 15.6. The number of benzene rings is 1. The summed E-state index contributed by atoms with van der Waals surface area (Å²) in [5.41, 5.74) is -0.381. The van der Waals surface area contributed by atoms with Crippen LogP contribution in [0.25, 0.3) is 0 Å². The summed E-state index contributed by atoms with van der Waals surface area (Å²) in [5.74, 6) is -2.04. The molecule has 0 radical (unpaired) electrons. The van der Waals surface area contributed by atoms with Gasteiger partial charge in [-0.2, -0.15) is 26.3 Å². The van der Waals surface area contributed by atoms with Gasteiger partial charge in [-0.3, -0.25) is 4.79 Å². The molecule has 1 aromatic carbocycles. The van der Waals surface area contributed by atoms with Crippen molar-refractivity contribution in [2.45, 2.75) is 18.5 Å². The predicted octanol–water partition coefficient (Wildman–Crippen LogP) is 3.52. The number of halogens is 7. The molecule has 0 aliphatic heterocycles. The van der Waals surface area contributed by atoms with Crippen LogP contribution >= 0.6 is 0 Å². The molecule has 1 rings (SSSR count). The average Bonchev–Trinajstić information content (AvgIpc) is 2.25. The highest BCUT2D eigenvalue weighted by Crippen LogP contribution is 2.35. The third-order valence-corrected chi connectivity index (χ3v) is 2.12. The minimum absolute atomic E-state index is 0.381. The van der Waals surface area contributed by atoms with Gasteiger partial charge in [0, 0.05) is 5.56 Å². The van der Waals surface area contributed by atoms with Gasteiger partial charge < -0.3 is 4.74 Å². The van der Waals surface area contributed by atoms with E-state index in [2.05, 4.69) is 4.74 Å². The van der Waals surface area contributed by atoms with Crippen LogP contribution in [0, 0.1) is 5.82 Å². The van der Waals surface area contributed by atoms with Crippen molar-refractivity contribution >= 4 is 5.78 Å². The third kappa shape index (κ3) is 4.48. The minimum Gasteiger partial charge on any atom is -0.353 e. The Morgan fingerprint density at radius 3 is 2.10 bits per heavy atom. The van der Waals surface area contributed by atoms with E-state index in [0.29, 0.717) is 6.07 Å². The molecule has 20 heavy (non-hydrogen) atoms.